The molecule has 0 saturated carbocycles. The average molecular weight is 438 g/mol. The number of sulfone groups is 1. The molecule has 1 unspecified atom stereocenters. The standard InChI is InChI=1S/C21H28ClN3O3S/c1-4-5-11-24(18-10-12-29(27,28)14-18)21(26)19-16(3)23-25(20(19)22)13-17-8-6-15(2)7-9-17/h6-9,18H,4-5,10-14H2,1-3H3. The van der Waals surface area contributed by atoms with Gasteiger partial charge in [0.2, 0.25) is 0 Å². The smallest absolute Gasteiger partial charge is 0.259 e. The number of aromatic nitrogens is 2. The Kier molecular flexibility index (Phi) is 6.69. The van der Waals surface area contributed by atoms with Crippen molar-refractivity contribution in [2.75, 3.05) is 18.1 Å². The minimum Gasteiger partial charge on any atom is -0.334 e. The molecule has 1 fully saturated rings. The number of hydrogen-bond donors (Lipinski definition) is 0. The monoisotopic (exact) mass is 437 g/mol. The quantitative estimate of drug-likeness (QED) is 0.663. The number of aryl methyl sites for hydroxylation is 2. The SMILES string of the molecule is CCCCN(C(=O)c1c(C)nn(Cc2ccc(C)cc2)c1Cl)C1CCS(=O)(=O)C1. The van der Waals surface area contributed by atoms with Gasteiger partial charge in [-0.2, -0.15) is 5.10 Å². The predicted octanol–water partition coefficient (Wildman–Crippen LogP) is 3.63. The lowest BCUT2D eigenvalue weighted by Crippen LogP contribution is -2.42. The minimum atomic E-state index is -3.09. The van der Waals surface area contributed by atoms with Crippen LogP contribution in [0.3, 0.4) is 0 Å². The maximum atomic E-state index is 13.4. The van der Waals surface area contributed by atoms with Crippen molar-refractivity contribution in [1.29, 1.82) is 0 Å². The maximum absolute atomic E-state index is 13.4. The molecule has 2 heterocycles. The van der Waals surface area contributed by atoms with E-state index in [9.17, 15) is 13.2 Å². The van der Waals surface area contributed by atoms with Crippen LogP contribution >= 0.6 is 11.6 Å². The number of carbonyl (C=O) groups is 1. The van der Waals surface area contributed by atoms with E-state index >= 15 is 0 Å². The fraction of sp³-hybridized carbons (Fsp3) is 0.524. The van der Waals surface area contributed by atoms with E-state index in [4.69, 9.17) is 11.6 Å². The van der Waals surface area contributed by atoms with Crippen LogP contribution in [0.2, 0.25) is 5.15 Å². The predicted molar refractivity (Wildman–Crippen MR) is 115 cm³/mol. The Hall–Kier alpha value is -1.86. The van der Waals surface area contributed by atoms with Crippen LogP contribution in [0.5, 0.6) is 0 Å². The molecular formula is C21H28ClN3O3S. The molecule has 0 aliphatic carbocycles. The summed E-state index contributed by atoms with van der Waals surface area (Å²) in [6, 6.07) is 7.79. The highest BCUT2D eigenvalue weighted by Crippen LogP contribution is 2.26. The summed E-state index contributed by atoms with van der Waals surface area (Å²) in [7, 11) is -3.09. The van der Waals surface area contributed by atoms with E-state index in [1.54, 1.807) is 16.5 Å². The van der Waals surface area contributed by atoms with Crippen molar-refractivity contribution in [3.63, 3.8) is 0 Å². The summed E-state index contributed by atoms with van der Waals surface area (Å²) in [6.45, 7) is 6.84. The molecule has 8 heteroatoms. The van der Waals surface area contributed by atoms with Gasteiger partial charge >= 0.3 is 0 Å². The number of carbonyl (C=O) groups excluding carboxylic acids is 1. The molecule has 1 amide bonds. The van der Waals surface area contributed by atoms with Gasteiger partial charge in [-0.1, -0.05) is 54.8 Å². The molecular weight excluding hydrogens is 410 g/mol. The second-order valence-corrected chi connectivity index (χ2v) is 10.4. The molecule has 2 aromatic rings. The van der Waals surface area contributed by atoms with Gasteiger partial charge in [0.1, 0.15) is 5.15 Å². The first-order valence-corrected chi connectivity index (χ1v) is 12.2. The lowest BCUT2D eigenvalue weighted by atomic mass is 10.1. The van der Waals surface area contributed by atoms with Gasteiger partial charge in [-0.25, -0.2) is 13.1 Å². The molecule has 1 aliphatic heterocycles. The molecule has 1 aliphatic rings. The molecule has 158 valence electrons. The summed E-state index contributed by atoms with van der Waals surface area (Å²) < 4.78 is 25.6. The molecule has 1 atom stereocenters. The summed E-state index contributed by atoms with van der Waals surface area (Å²) in [5.41, 5.74) is 3.16. The topological polar surface area (TPSA) is 72.3 Å². The lowest BCUT2D eigenvalue weighted by Gasteiger charge is -2.28. The van der Waals surface area contributed by atoms with Gasteiger partial charge in [0.25, 0.3) is 5.91 Å². The van der Waals surface area contributed by atoms with E-state index in [-0.39, 0.29) is 23.5 Å². The summed E-state index contributed by atoms with van der Waals surface area (Å²) in [6.07, 6.45) is 2.21. The highest BCUT2D eigenvalue weighted by molar-refractivity contribution is 7.91. The van der Waals surface area contributed by atoms with Crippen LogP contribution in [0.25, 0.3) is 0 Å². The van der Waals surface area contributed by atoms with Crippen LogP contribution < -0.4 is 0 Å². The number of halogens is 1. The zero-order chi connectivity index (χ0) is 21.2. The zero-order valence-corrected chi connectivity index (χ0v) is 18.8. The van der Waals surface area contributed by atoms with Gasteiger partial charge < -0.3 is 4.90 Å². The zero-order valence-electron chi connectivity index (χ0n) is 17.2. The molecule has 0 spiro atoms. The summed E-state index contributed by atoms with van der Waals surface area (Å²) >= 11 is 6.58. The highest BCUT2D eigenvalue weighted by atomic mass is 35.5. The van der Waals surface area contributed by atoms with Crippen LogP contribution in [0, 0.1) is 13.8 Å². The Morgan fingerprint density at radius 2 is 1.97 bits per heavy atom. The number of nitrogens with zero attached hydrogens (tertiary/aromatic N) is 3. The van der Waals surface area contributed by atoms with E-state index < -0.39 is 9.84 Å². The molecule has 1 saturated heterocycles. The van der Waals surface area contributed by atoms with E-state index in [0.717, 1.165) is 18.4 Å². The van der Waals surface area contributed by atoms with Gasteiger partial charge in [-0.3, -0.25) is 4.79 Å². The fourth-order valence-corrected chi connectivity index (χ4v) is 5.76. The lowest BCUT2D eigenvalue weighted by molar-refractivity contribution is 0.0693. The molecule has 1 aromatic heterocycles. The maximum Gasteiger partial charge on any atom is 0.259 e. The summed E-state index contributed by atoms with van der Waals surface area (Å²) in [4.78, 5) is 15.1. The second kappa shape index (κ2) is 8.88. The van der Waals surface area contributed by atoms with Crippen LogP contribution in [0.4, 0.5) is 0 Å². The third kappa shape index (κ3) is 5.01. The Morgan fingerprint density at radius 3 is 2.55 bits per heavy atom. The molecule has 1 aromatic carbocycles. The third-order valence-electron chi connectivity index (χ3n) is 5.39. The average Bonchev–Trinajstić information content (AvgIpc) is 3.15. The van der Waals surface area contributed by atoms with Crippen molar-refractivity contribution in [1.82, 2.24) is 14.7 Å². The van der Waals surface area contributed by atoms with Crippen LogP contribution in [0.1, 0.15) is 53.4 Å². The number of hydrogen-bond acceptors (Lipinski definition) is 4. The minimum absolute atomic E-state index is 0.0244. The van der Waals surface area contributed by atoms with Crippen molar-refractivity contribution in [2.45, 2.75) is 52.6 Å². The first kappa shape index (κ1) is 21.8. The molecule has 0 N–H and O–H groups in total. The Bertz CT molecular complexity index is 983. The highest BCUT2D eigenvalue weighted by Gasteiger charge is 2.36. The van der Waals surface area contributed by atoms with E-state index in [1.807, 2.05) is 38.1 Å². The first-order chi connectivity index (χ1) is 13.7. The van der Waals surface area contributed by atoms with Crippen LogP contribution in [-0.2, 0) is 16.4 Å². The molecule has 29 heavy (non-hydrogen) atoms. The van der Waals surface area contributed by atoms with Crippen LogP contribution in [0.15, 0.2) is 24.3 Å². The first-order valence-electron chi connectivity index (χ1n) is 10.0. The molecule has 6 nitrogen and oxygen atoms in total. The van der Waals surface area contributed by atoms with Gasteiger partial charge in [0, 0.05) is 12.6 Å². The van der Waals surface area contributed by atoms with Crippen molar-refractivity contribution >= 4 is 27.3 Å². The third-order valence-corrected chi connectivity index (χ3v) is 7.53. The molecule has 3 rings (SSSR count). The number of amides is 1. The van der Waals surface area contributed by atoms with Gasteiger partial charge in [-0.15, -0.1) is 0 Å². The number of unbranched alkanes of at least 4 members (excludes halogenated alkanes) is 1. The largest absolute Gasteiger partial charge is 0.334 e. The molecule has 0 bridgehead atoms. The van der Waals surface area contributed by atoms with E-state index in [1.165, 1.54) is 5.56 Å². The Balaban J connectivity index is 1.87. The number of rotatable bonds is 7. The van der Waals surface area contributed by atoms with Gasteiger partial charge in [0.15, 0.2) is 9.84 Å². The molecule has 0 radical (unpaired) electrons. The summed E-state index contributed by atoms with van der Waals surface area (Å²) in [5, 5.41) is 4.79. The number of benzene rings is 1. The Labute approximate surface area is 177 Å². The van der Waals surface area contributed by atoms with Crippen molar-refractivity contribution < 1.29 is 13.2 Å². The van der Waals surface area contributed by atoms with Crippen molar-refractivity contribution in [3.8, 4) is 0 Å². The second-order valence-electron chi connectivity index (χ2n) is 7.80. The summed E-state index contributed by atoms with van der Waals surface area (Å²) in [5.74, 6) is -0.0675. The van der Waals surface area contributed by atoms with Crippen LogP contribution in [-0.4, -0.2) is 53.1 Å². The van der Waals surface area contributed by atoms with E-state index in [2.05, 4.69) is 5.10 Å². The normalized spacial score (nSPS) is 18.1. The van der Waals surface area contributed by atoms with Crippen molar-refractivity contribution in [2.24, 2.45) is 0 Å². The Morgan fingerprint density at radius 1 is 1.28 bits per heavy atom. The van der Waals surface area contributed by atoms with Crippen molar-refractivity contribution in [3.05, 3.63) is 51.8 Å². The van der Waals surface area contributed by atoms with E-state index in [0.29, 0.717) is 35.9 Å². The van der Waals surface area contributed by atoms with Gasteiger partial charge in [0.05, 0.1) is 29.3 Å². The fourth-order valence-electron chi connectivity index (χ4n) is 3.71. The van der Waals surface area contributed by atoms with Gasteiger partial charge in [-0.05, 0) is 32.3 Å².